The number of hydrogen-bond donors (Lipinski definition) is 2. The van der Waals surface area contributed by atoms with E-state index in [4.69, 9.17) is 5.73 Å². The fourth-order valence-electron chi connectivity index (χ4n) is 3.66. The molecule has 1 atom stereocenters. The molecule has 8 heteroatoms. The third-order valence-corrected chi connectivity index (χ3v) is 6.53. The Morgan fingerprint density at radius 1 is 1.18 bits per heavy atom. The number of hydrogen-bond acceptors (Lipinski definition) is 5. The summed E-state index contributed by atoms with van der Waals surface area (Å²) in [7, 11) is -3.73. The molecule has 28 heavy (non-hydrogen) atoms. The number of carbonyl (C=O) groups is 1. The number of anilines is 1. The number of amidine groups is 1. The summed E-state index contributed by atoms with van der Waals surface area (Å²) in [6.45, 7) is 1.51. The van der Waals surface area contributed by atoms with Crippen molar-refractivity contribution in [2.75, 3.05) is 18.4 Å². The van der Waals surface area contributed by atoms with Crippen molar-refractivity contribution in [3.8, 4) is 0 Å². The Balaban J connectivity index is 1.54. The Kier molecular flexibility index (Phi) is 4.91. The van der Waals surface area contributed by atoms with E-state index in [1.807, 2.05) is 12.1 Å². The van der Waals surface area contributed by atoms with Crippen LogP contribution < -0.4 is 11.1 Å². The number of nitrogens with two attached hydrogens (primary N) is 1. The number of nitrogens with zero attached hydrogens (tertiary/aromatic N) is 2. The molecule has 3 N–H and O–H groups in total. The third-order valence-electron chi connectivity index (χ3n) is 5.18. The van der Waals surface area contributed by atoms with Crippen molar-refractivity contribution >= 4 is 27.5 Å². The molecular formula is C20H22N4O3S. The number of nitrogens with one attached hydrogen (secondary N) is 1. The molecule has 0 aromatic heterocycles. The van der Waals surface area contributed by atoms with Crippen LogP contribution in [0, 0.1) is 5.92 Å². The van der Waals surface area contributed by atoms with Crippen molar-refractivity contribution in [3.63, 3.8) is 0 Å². The summed E-state index contributed by atoms with van der Waals surface area (Å²) in [5.41, 5.74) is 7.72. The molecule has 1 amide bonds. The molecule has 0 unspecified atom stereocenters. The number of rotatable bonds is 3. The summed E-state index contributed by atoms with van der Waals surface area (Å²) < 4.78 is 29.0. The highest BCUT2D eigenvalue weighted by molar-refractivity contribution is 7.90. The fraction of sp³-hybridized carbons (Fsp3) is 0.300. The monoisotopic (exact) mass is 398 g/mol. The van der Waals surface area contributed by atoms with E-state index in [0.29, 0.717) is 36.7 Å². The number of para-hydroxylation sites is 1. The number of likely N-dealkylation sites (tertiary alicyclic amines) is 1. The largest absolute Gasteiger partial charge is 0.342 e. The van der Waals surface area contributed by atoms with Gasteiger partial charge in [-0.1, -0.05) is 24.3 Å². The Morgan fingerprint density at radius 3 is 2.68 bits per heavy atom. The topological polar surface area (TPSA) is 105 Å². The lowest BCUT2D eigenvalue weighted by atomic mass is 9.95. The number of sulfonamides is 1. The first-order chi connectivity index (χ1) is 13.5. The second-order valence-corrected chi connectivity index (χ2v) is 8.64. The normalized spacial score (nSPS) is 20.7. The SMILES string of the molecule is NCc1ccc(C(=O)N2CCC[C@H](C3=NS(=O)(=O)c4ccccc4N3)C2)cc1. The average Bonchev–Trinajstić information content (AvgIpc) is 2.73. The van der Waals surface area contributed by atoms with E-state index >= 15 is 0 Å². The number of carbonyl (C=O) groups excluding carboxylic acids is 1. The highest BCUT2D eigenvalue weighted by Crippen LogP contribution is 2.30. The van der Waals surface area contributed by atoms with E-state index in [1.165, 1.54) is 0 Å². The highest BCUT2D eigenvalue weighted by Gasteiger charge is 2.32. The molecule has 4 rings (SSSR count). The van der Waals surface area contributed by atoms with Crippen LogP contribution in [0.3, 0.4) is 0 Å². The molecular weight excluding hydrogens is 376 g/mol. The Morgan fingerprint density at radius 2 is 1.93 bits per heavy atom. The Hall–Kier alpha value is -2.71. The maximum Gasteiger partial charge on any atom is 0.286 e. The lowest BCUT2D eigenvalue weighted by Crippen LogP contribution is -2.44. The average molecular weight is 398 g/mol. The molecule has 0 saturated carbocycles. The van der Waals surface area contributed by atoms with Gasteiger partial charge in [-0.25, -0.2) is 0 Å². The molecule has 146 valence electrons. The van der Waals surface area contributed by atoms with Crippen molar-refractivity contribution in [2.24, 2.45) is 16.0 Å². The quantitative estimate of drug-likeness (QED) is 0.825. The molecule has 0 bridgehead atoms. The van der Waals surface area contributed by atoms with Crippen LogP contribution in [0.5, 0.6) is 0 Å². The summed E-state index contributed by atoms with van der Waals surface area (Å²) in [5.74, 6) is 0.201. The van der Waals surface area contributed by atoms with Crippen LogP contribution in [0.4, 0.5) is 5.69 Å². The van der Waals surface area contributed by atoms with Gasteiger partial charge in [0.25, 0.3) is 15.9 Å². The summed E-state index contributed by atoms with van der Waals surface area (Å²) in [6, 6.07) is 14.0. The van der Waals surface area contributed by atoms with Crippen LogP contribution in [0.2, 0.25) is 0 Å². The standard InChI is InChI=1S/C20H22N4O3S/c21-12-14-7-9-15(10-8-14)20(25)24-11-3-4-16(13-24)19-22-17-5-1-2-6-18(17)28(26,27)23-19/h1-2,5-10,16H,3-4,11-13,21H2,(H,22,23)/t16-/m0/s1. The van der Waals surface area contributed by atoms with E-state index in [9.17, 15) is 13.2 Å². The molecule has 0 radical (unpaired) electrons. The summed E-state index contributed by atoms with van der Waals surface area (Å²) in [4.78, 5) is 14.8. The minimum Gasteiger partial charge on any atom is -0.342 e. The van der Waals surface area contributed by atoms with Gasteiger partial charge in [0.05, 0.1) is 5.69 Å². The zero-order chi connectivity index (χ0) is 19.7. The zero-order valence-corrected chi connectivity index (χ0v) is 16.2. The predicted octanol–water partition coefficient (Wildman–Crippen LogP) is 2.21. The molecule has 1 saturated heterocycles. The minimum absolute atomic E-state index is 0.0621. The van der Waals surface area contributed by atoms with E-state index in [-0.39, 0.29) is 16.7 Å². The van der Waals surface area contributed by atoms with Gasteiger partial charge in [-0.05, 0) is 42.7 Å². The van der Waals surface area contributed by atoms with Gasteiger partial charge < -0.3 is 16.0 Å². The van der Waals surface area contributed by atoms with Gasteiger partial charge in [-0.3, -0.25) is 4.79 Å². The van der Waals surface area contributed by atoms with Gasteiger partial charge >= 0.3 is 0 Å². The molecule has 7 nitrogen and oxygen atoms in total. The van der Waals surface area contributed by atoms with Crippen LogP contribution in [0.15, 0.2) is 57.8 Å². The molecule has 2 aliphatic rings. The van der Waals surface area contributed by atoms with E-state index < -0.39 is 10.0 Å². The van der Waals surface area contributed by atoms with E-state index in [1.54, 1.807) is 41.3 Å². The number of amides is 1. The highest BCUT2D eigenvalue weighted by atomic mass is 32.2. The van der Waals surface area contributed by atoms with Gasteiger partial charge in [0, 0.05) is 31.1 Å². The van der Waals surface area contributed by atoms with Crippen molar-refractivity contribution in [1.29, 1.82) is 0 Å². The van der Waals surface area contributed by atoms with E-state index in [0.717, 1.165) is 18.4 Å². The van der Waals surface area contributed by atoms with Gasteiger partial charge in [0.1, 0.15) is 10.7 Å². The van der Waals surface area contributed by atoms with Gasteiger partial charge in [-0.2, -0.15) is 8.42 Å². The van der Waals surface area contributed by atoms with Crippen LogP contribution in [0.25, 0.3) is 0 Å². The smallest absolute Gasteiger partial charge is 0.286 e. The lowest BCUT2D eigenvalue weighted by molar-refractivity contribution is 0.0703. The fourth-order valence-corrected chi connectivity index (χ4v) is 4.86. The zero-order valence-electron chi connectivity index (χ0n) is 15.3. The second-order valence-electron chi connectivity index (χ2n) is 7.06. The minimum atomic E-state index is -3.73. The molecule has 0 spiro atoms. The first kappa shape index (κ1) is 18.6. The summed E-state index contributed by atoms with van der Waals surface area (Å²) in [6.07, 6.45) is 1.57. The summed E-state index contributed by atoms with van der Waals surface area (Å²) in [5, 5.41) is 3.16. The molecule has 2 aromatic rings. The number of benzene rings is 2. The van der Waals surface area contributed by atoms with Crippen LogP contribution in [-0.4, -0.2) is 38.2 Å². The van der Waals surface area contributed by atoms with Crippen molar-refractivity contribution in [2.45, 2.75) is 24.3 Å². The Labute approximate surface area is 164 Å². The second kappa shape index (κ2) is 7.37. The number of fused-ring (bicyclic) bond motifs is 1. The van der Waals surface area contributed by atoms with Gasteiger partial charge in [0.2, 0.25) is 0 Å². The maximum absolute atomic E-state index is 12.9. The first-order valence-corrected chi connectivity index (χ1v) is 10.7. The van der Waals surface area contributed by atoms with Crippen LogP contribution in [-0.2, 0) is 16.6 Å². The van der Waals surface area contributed by atoms with Crippen molar-refractivity contribution in [3.05, 3.63) is 59.7 Å². The summed E-state index contributed by atoms with van der Waals surface area (Å²) >= 11 is 0. The molecule has 2 heterocycles. The molecule has 1 fully saturated rings. The predicted molar refractivity (Wildman–Crippen MR) is 108 cm³/mol. The van der Waals surface area contributed by atoms with Crippen LogP contribution in [0.1, 0.15) is 28.8 Å². The van der Waals surface area contributed by atoms with E-state index in [2.05, 4.69) is 9.71 Å². The molecule has 0 aliphatic carbocycles. The van der Waals surface area contributed by atoms with Crippen LogP contribution >= 0.6 is 0 Å². The number of piperidine rings is 1. The molecule has 2 aliphatic heterocycles. The van der Waals surface area contributed by atoms with Crippen molar-refractivity contribution in [1.82, 2.24) is 4.90 Å². The maximum atomic E-state index is 12.9. The van der Waals surface area contributed by atoms with Crippen molar-refractivity contribution < 1.29 is 13.2 Å². The molecule has 2 aromatic carbocycles. The Bertz CT molecular complexity index is 1030. The van der Waals surface area contributed by atoms with Gasteiger partial charge in [0.15, 0.2) is 0 Å². The van der Waals surface area contributed by atoms with Gasteiger partial charge in [-0.15, -0.1) is 4.40 Å². The lowest BCUT2D eigenvalue weighted by Gasteiger charge is -2.34. The third kappa shape index (κ3) is 3.53. The first-order valence-electron chi connectivity index (χ1n) is 9.27.